The molecule has 10 heteroatoms. The van der Waals surface area contributed by atoms with E-state index in [2.05, 4.69) is 84.5 Å². The van der Waals surface area contributed by atoms with Crippen LogP contribution in [0, 0.1) is 5.92 Å². The average Bonchev–Trinajstić information content (AvgIpc) is 3.04. The van der Waals surface area contributed by atoms with E-state index in [-0.39, 0.29) is 5.91 Å². The number of rotatable bonds is 13. The monoisotopic (exact) mass is 652 g/mol. The molecular formula is C37H47F3N4O3. The van der Waals surface area contributed by atoms with Crippen molar-refractivity contribution in [1.29, 1.82) is 0 Å². The molecule has 0 aromatic heterocycles. The maximum absolute atomic E-state index is 13.4. The van der Waals surface area contributed by atoms with Crippen LogP contribution < -0.4 is 5.32 Å². The van der Waals surface area contributed by atoms with Crippen molar-refractivity contribution >= 4 is 18.0 Å². The number of aliphatic carboxylic acids is 1. The van der Waals surface area contributed by atoms with Crippen molar-refractivity contribution in [2.75, 3.05) is 52.9 Å². The number of amides is 1. The Balaban J connectivity index is 0.000000771. The molecule has 4 rings (SSSR count). The van der Waals surface area contributed by atoms with Crippen LogP contribution in [0.15, 0.2) is 84.9 Å². The van der Waals surface area contributed by atoms with Crippen molar-refractivity contribution in [1.82, 2.24) is 20.0 Å². The third kappa shape index (κ3) is 14.1. The number of benzene rings is 3. The smallest absolute Gasteiger partial charge is 0.475 e. The summed E-state index contributed by atoms with van der Waals surface area (Å²) in [5.74, 6) is -2.06. The molecule has 0 spiro atoms. The summed E-state index contributed by atoms with van der Waals surface area (Å²) in [5.41, 5.74) is 5.88. The first kappa shape index (κ1) is 37.5. The van der Waals surface area contributed by atoms with Gasteiger partial charge in [0.15, 0.2) is 0 Å². The number of piperazine rings is 1. The summed E-state index contributed by atoms with van der Waals surface area (Å²) < 4.78 is 31.7. The molecule has 1 saturated heterocycles. The van der Waals surface area contributed by atoms with Crippen molar-refractivity contribution in [3.8, 4) is 11.1 Å². The van der Waals surface area contributed by atoms with Crippen LogP contribution in [0.1, 0.15) is 37.0 Å². The summed E-state index contributed by atoms with van der Waals surface area (Å²) in [7, 11) is 2.19. The molecule has 1 heterocycles. The number of nitrogens with zero attached hydrogens (tertiary/aromatic N) is 3. The molecule has 1 fully saturated rings. The predicted molar refractivity (Wildman–Crippen MR) is 182 cm³/mol. The van der Waals surface area contributed by atoms with Crippen LogP contribution in [0.25, 0.3) is 17.2 Å². The summed E-state index contributed by atoms with van der Waals surface area (Å²) in [6.07, 6.45) is -0.465. The Labute approximate surface area is 276 Å². The molecule has 0 atom stereocenters. The van der Waals surface area contributed by atoms with Gasteiger partial charge in [-0.05, 0) is 78.5 Å². The summed E-state index contributed by atoms with van der Waals surface area (Å²) in [6.45, 7) is 13.1. The SMILES string of the molecule is CC(C)CNCc1cccc(-c2cccc(CN(CCCN3CCN(C)CC3)C(=O)/C=C/c3ccccc3)c2)c1.O=C(O)C(F)(F)F. The zero-order chi connectivity index (χ0) is 34.2. The van der Waals surface area contributed by atoms with E-state index in [1.165, 1.54) is 16.7 Å². The number of carbonyl (C=O) groups excluding carboxylic acids is 1. The van der Waals surface area contributed by atoms with E-state index < -0.39 is 12.1 Å². The lowest BCUT2D eigenvalue weighted by Gasteiger charge is -2.33. The first-order valence-electron chi connectivity index (χ1n) is 16.0. The number of carbonyl (C=O) groups is 2. The maximum Gasteiger partial charge on any atom is 0.490 e. The highest BCUT2D eigenvalue weighted by Crippen LogP contribution is 2.23. The first-order chi connectivity index (χ1) is 22.4. The summed E-state index contributed by atoms with van der Waals surface area (Å²) in [5, 5.41) is 10.7. The Hall–Kier alpha value is -3.99. The van der Waals surface area contributed by atoms with E-state index in [9.17, 15) is 18.0 Å². The number of carboxylic acids is 1. The fourth-order valence-corrected chi connectivity index (χ4v) is 5.10. The van der Waals surface area contributed by atoms with E-state index in [0.29, 0.717) is 12.5 Å². The number of likely N-dealkylation sites (N-methyl/N-ethyl adjacent to an activating group) is 1. The standard InChI is InChI=1S/C35H46N4O.C2HF3O2/c1-29(2)26-36-27-31-12-7-14-33(24-31)34-15-8-13-32(25-34)28-39(19-9-18-38-22-20-37(3)21-23-38)35(40)17-16-30-10-5-4-6-11-30;3-2(4,5)1(6)7/h4-8,10-17,24-25,29,36H,9,18-23,26-28H2,1-3H3;(H,6,7)/b17-16+;. The number of halogens is 3. The van der Waals surface area contributed by atoms with Crippen molar-refractivity contribution in [3.63, 3.8) is 0 Å². The van der Waals surface area contributed by atoms with Crippen LogP contribution in [-0.4, -0.2) is 90.7 Å². The lowest BCUT2D eigenvalue weighted by atomic mass is 10.0. The number of nitrogens with one attached hydrogen (secondary N) is 1. The number of hydrogen-bond donors (Lipinski definition) is 2. The van der Waals surface area contributed by atoms with Crippen LogP contribution >= 0.6 is 0 Å². The summed E-state index contributed by atoms with van der Waals surface area (Å²) >= 11 is 0. The Bertz CT molecular complexity index is 1420. The van der Waals surface area contributed by atoms with E-state index in [1.807, 2.05) is 41.3 Å². The Morgan fingerprint density at radius 2 is 1.51 bits per heavy atom. The fourth-order valence-electron chi connectivity index (χ4n) is 5.10. The molecule has 0 saturated carbocycles. The molecule has 254 valence electrons. The van der Waals surface area contributed by atoms with E-state index >= 15 is 0 Å². The van der Waals surface area contributed by atoms with Gasteiger partial charge in [0.2, 0.25) is 5.91 Å². The van der Waals surface area contributed by atoms with Gasteiger partial charge in [-0.2, -0.15) is 13.2 Å². The van der Waals surface area contributed by atoms with Crippen LogP contribution in [-0.2, 0) is 22.7 Å². The van der Waals surface area contributed by atoms with Gasteiger partial charge in [-0.1, -0.05) is 80.6 Å². The van der Waals surface area contributed by atoms with Crippen LogP contribution in [0.2, 0.25) is 0 Å². The topological polar surface area (TPSA) is 76.1 Å². The third-order valence-electron chi connectivity index (χ3n) is 7.71. The molecule has 0 radical (unpaired) electrons. The lowest BCUT2D eigenvalue weighted by Crippen LogP contribution is -2.45. The predicted octanol–water partition coefficient (Wildman–Crippen LogP) is 6.41. The molecule has 0 aliphatic carbocycles. The molecular weight excluding hydrogens is 605 g/mol. The molecule has 3 aromatic rings. The maximum atomic E-state index is 13.4. The van der Waals surface area contributed by atoms with E-state index in [1.54, 1.807) is 6.08 Å². The Kier molecular flexibility index (Phi) is 15.1. The minimum Gasteiger partial charge on any atom is -0.475 e. The van der Waals surface area contributed by atoms with Crippen molar-refractivity contribution in [2.24, 2.45) is 5.92 Å². The second-order valence-corrected chi connectivity index (χ2v) is 12.2. The van der Waals surface area contributed by atoms with Crippen molar-refractivity contribution in [3.05, 3.63) is 102 Å². The molecule has 2 N–H and O–H groups in total. The van der Waals surface area contributed by atoms with Gasteiger partial charge in [0.25, 0.3) is 0 Å². The van der Waals surface area contributed by atoms with Crippen LogP contribution in [0.3, 0.4) is 0 Å². The number of alkyl halides is 3. The van der Waals surface area contributed by atoms with E-state index in [0.717, 1.165) is 69.9 Å². The zero-order valence-corrected chi connectivity index (χ0v) is 27.5. The van der Waals surface area contributed by atoms with E-state index in [4.69, 9.17) is 9.90 Å². The van der Waals surface area contributed by atoms with Gasteiger partial charge in [-0.15, -0.1) is 0 Å². The van der Waals surface area contributed by atoms with Gasteiger partial charge in [-0.3, -0.25) is 4.79 Å². The molecule has 1 aliphatic heterocycles. The van der Waals surface area contributed by atoms with Crippen LogP contribution in [0.4, 0.5) is 13.2 Å². The van der Waals surface area contributed by atoms with Gasteiger partial charge >= 0.3 is 12.1 Å². The Morgan fingerprint density at radius 1 is 0.915 bits per heavy atom. The van der Waals surface area contributed by atoms with Gasteiger partial charge in [-0.25, -0.2) is 4.79 Å². The number of carboxylic acid groups (broad SMARTS) is 1. The second kappa shape index (κ2) is 19.0. The zero-order valence-electron chi connectivity index (χ0n) is 27.5. The highest BCUT2D eigenvalue weighted by atomic mass is 19.4. The first-order valence-corrected chi connectivity index (χ1v) is 16.0. The van der Waals surface area contributed by atoms with Crippen LogP contribution in [0.5, 0.6) is 0 Å². The van der Waals surface area contributed by atoms with Crippen molar-refractivity contribution < 1.29 is 27.9 Å². The molecule has 1 amide bonds. The normalized spacial score (nSPS) is 14.2. The fraction of sp³-hybridized carbons (Fsp3) is 0.405. The van der Waals surface area contributed by atoms with Gasteiger partial charge in [0.05, 0.1) is 0 Å². The summed E-state index contributed by atoms with van der Waals surface area (Å²) in [4.78, 5) is 29.2. The average molecular weight is 653 g/mol. The lowest BCUT2D eigenvalue weighted by molar-refractivity contribution is -0.192. The largest absolute Gasteiger partial charge is 0.490 e. The van der Waals surface area contributed by atoms with Gasteiger partial charge < -0.3 is 25.1 Å². The highest BCUT2D eigenvalue weighted by Gasteiger charge is 2.38. The quantitative estimate of drug-likeness (QED) is 0.208. The number of hydrogen-bond acceptors (Lipinski definition) is 5. The van der Waals surface area contributed by atoms with Crippen molar-refractivity contribution in [2.45, 2.75) is 39.5 Å². The minimum atomic E-state index is -5.08. The molecule has 47 heavy (non-hydrogen) atoms. The molecule has 3 aromatic carbocycles. The molecule has 1 aliphatic rings. The molecule has 7 nitrogen and oxygen atoms in total. The van der Waals surface area contributed by atoms with Gasteiger partial charge in [0.1, 0.15) is 0 Å². The molecule has 0 unspecified atom stereocenters. The third-order valence-corrected chi connectivity index (χ3v) is 7.71. The molecule has 0 bridgehead atoms. The Morgan fingerprint density at radius 3 is 2.11 bits per heavy atom. The summed E-state index contributed by atoms with van der Waals surface area (Å²) in [6, 6.07) is 27.5. The second-order valence-electron chi connectivity index (χ2n) is 12.2. The highest BCUT2D eigenvalue weighted by molar-refractivity contribution is 5.91. The minimum absolute atomic E-state index is 0.0610. The van der Waals surface area contributed by atoms with Gasteiger partial charge in [0, 0.05) is 51.9 Å².